The quantitative estimate of drug-likeness (QED) is 0.351. The van der Waals surface area contributed by atoms with Crippen LogP contribution in [0.2, 0.25) is 0 Å². The first-order valence-corrected chi connectivity index (χ1v) is 6.84. The summed E-state index contributed by atoms with van der Waals surface area (Å²) in [6, 6.07) is 0. The van der Waals surface area contributed by atoms with Gasteiger partial charge in [-0.15, -0.1) is 0 Å². The number of rotatable bonds is 10. The predicted octanol–water partition coefficient (Wildman–Crippen LogP) is 5.76. The number of unbranched alkanes of at least 4 members (excludes halogenated alkanes) is 2. The summed E-state index contributed by atoms with van der Waals surface area (Å²) in [6.07, 6.45) is -12.4. The molecule has 1 N–H and O–H groups in total. The van der Waals surface area contributed by atoms with Crippen LogP contribution in [0.1, 0.15) is 32.1 Å². The fourth-order valence-electron chi connectivity index (χ4n) is 1.76. The number of aliphatic carboxylic acids is 1. The van der Waals surface area contributed by atoms with E-state index >= 15 is 0 Å². The highest BCUT2D eigenvalue weighted by Gasteiger charge is 2.90. The minimum Gasteiger partial charge on any atom is -0.481 e. The summed E-state index contributed by atoms with van der Waals surface area (Å²) < 4.78 is 166. The molecule has 2 nitrogen and oxygen atoms in total. The maximum atomic E-state index is 13.3. The summed E-state index contributed by atoms with van der Waals surface area (Å²) in [5.74, 6) is -38.2. The highest BCUT2D eigenvalue weighted by molar-refractivity contribution is 5.66. The van der Waals surface area contributed by atoms with Crippen molar-refractivity contribution in [1.82, 2.24) is 0 Å². The van der Waals surface area contributed by atoms with Crippen LogP contribution in [0, 0.1) is 0 Å². The Hall–Kier alpha value is -1.44. The molecule has 0 aromatic carbocycles. The molecule has 0 aromatic rings. The van der Waals surface area contributed by atoms with Crippen LogP contribution in [0.25, 0.3) is 0 Å². The Morgan fingerprint density at radius 3 is 1.37 bits per heavy atom. The number of carboxylic acid groups (broad SMARTS) is 1. The molecule has 0 unspecified atom stereocenters. The molecule has 0 amide bonds. The minimum absolute atomic E-state index is 0.393. The van der Waals surface area contributed by atoms with E-state index in [-0.39, 0.29) is 0 Å². The number of hydrogen-bond donors (Lipinski definition) is 1. The van der Waals surface area contributed by atoms with Crippen LogP contribution in [0.5, 0.6) is 0 Å². The molecule has 0 aromatic heterocycles. The predicted molar refractivity (Wildman–Crippen MR) is 61.5 cm³/mol. The molecule has 0 saturated carbocycles. The highest BCUT2D eigenvalue weighted by atomic mass is 19.4. The van der Waals surface area contributed by atoms with E-state index in [1.54, 1.807) is 0 Å². The fourth-order valence-corrected chi connectivity index (χ4v) is 1.76. The van der Waals surface area contributed by atoms with Gasteiger partial charge in [-0.1, -0.05) is 6.42 Å². The molecule has 0 aliphatic rings. The molecule has 0 atom stereocenters. The summed E-state index contributed by atoms with van der Waals surface area (Å²) in [6.45, 7) is 0. The molecule has 0 bridgehead atoms. The van der Waals surface area contributed by atoms with Gasteiger partial charge in [0.05, 0.1) is 0 Å². The Bertz CT molecular complexity index is 524. The third-order valence-corrected chi connectivity index (χ3v) is 3.38. The Morgan fingerprint density at radius 2 is 1.00 bits per heavy atom. The van der Waals surface area contributed by atoms with Crippen molar-refractivity contribution in [2.24, 2.45) is 0 Å². The summed E-state index contributed by atoms with van der Waals surface area (Å²) in [4.78, 5) is 10.1. The van der Waals surface area contributed by atoms with Crippen LogP contribution in [-0.2, 0) is 4.79 Å². The van der Waals surface area contributed by atoms with Gasteiger partial charge in [-0.05, 0) is 12.8 Å². The van der Waals surface area contributed by atoms with Gasteiger partial charge in [-0.2, -0.15) is 57.1 Å². The van der Waals surface area contributed by atoms with Gasteiger partial charge < -0.3 is 5.11 Å². The number of halogens is 13. The van der Waals surface area contributed by atoms with E-state index in [1.807, 2.05) is 0 Å². The molecule has 27 heavy (non-hydrogen) atoms. The average molecular weight is 434 g/mol. The molecule has 0 saturated heterocycles. The lowest BCUT2D eigenvalue weighted by Crippen LogP contribution is -2.70. The zero-order valence-electron chi connectivity index (χ0n) is 12.8. The summed E-state index contributed by atoms with van der Waals surface area (Å²) >= 11 is 0. The number of alkyl halides is 13. The van der Waals surface area contributed by atoms with Crippen molar-refractivity contribution in [3.8, 4) is 0 Å². The van der Waals surface area contributed by atoms with Crippen LogP contribution in [0.15, 0.2) is 0 Å². The number of carboxylic acids is 1. The Labute approximate surface area is 142 Å². The average Bonchev–Trinajstić information content (AvgIpc) is 2.44. The van der Waals surface area contributed by atoms with Crippen LogP contribution >= 0.6 is 0 Å². The molecule has 162 valence electrons. The molecular weight excluding hydrogens is 423 g/mol. The normalized spacial score (nSPS) is 15.1. The zero-order valence-corrected chi connectivity index (χ0v) is 12.8. The fraction of sp³-hybridized carbons (Fsp3) is 0.917. The van der Waals surface area contributed by atoms with Crippen molar-refractivity contribution in [3.05, 3.63) is 0 Å². The Kier molecular flexibility index (Phi) is 7.12. The largest absolute Gasteiger partial charge is 0.481 e. The number of carbonyl (C=O) groups is 1. The van der Waals surface area contributed by atoms with Crippen LogP contribution in [-0.4, -0.2) is 46.9 Å². The van der Waals surface area contributed by atoms with Gasteiger partial charge >= 0.3 is 41.8 Å². The van der Waals surface area contributed by atoms with E-state index in [0.717, 1.165) is 0 Å². The lowest BCUT2D eigenvalue weighted by molar-refractivity contribution is -0.440. The van der Waals surface area contributed by atoms with Crippen molar-refractivity contribution in [2.45, 2.75) is 67.9 Å². The van der Waals surface area contributed by atoms with Crippen molar-refractivity contribution < 1.29 is 67.0 Å². The van der Waals surface area contributed by atoms with Gasteiger partial charge in [0.2, 0.25) is 0 Å². The molecule has 0 rings (SSSR count). The topological polar surface area (TPSA) is 37.3 Å². The molecule has 15 heteroatoms. The molecule has 0 fully saturated rings. The standard InChI is InChI=1S/C12H11F13O2/c13-7(14,5-3-1-2-4-6(26)27)8(15,16)9(17,18)10(19,20)11(21,22)12(23,24)25/h1-5H2,(H,26,27). The smallest absolute Gasteiger partial charge is 0.460 e. The van der Waals surface area contributed by atoms with Crippen molar-refractivity contribution in [2.75, 3.05) is 0 Å². The zero-order chi connectivity index (χ0) is 22.1. The molecule has 0 spiro atoms. The summed E-state index contributed by atoms with van der Waals surface area (Å²) in [5, 5.41) is 8.23. The second-order valence-corrected chi connectivity index (χ2v) is 5.45. The molecular formula is C12H11F13O2. The Morgan fingerprint density at radius 1 is 0.593 bits per heavy atom. The van der Waals surface area contributed by atoms with E-state index < -0.39 is 73.9 Å². The van der Waals surface area contributed by atoms with E-state index in [1.165, 1.54) is 0 Å². The minimum atomic E-state index is -7.89. The highest BCUT2D eigenvalue weighted by Crippen LogP contribution is 2.60. The van der Waals surface area contributed by atoms with Crippen LogP contribution < -0.4 is 0 Å². The van der Waals surface area contributed by atoms with Gasteiger partial charge in [0, 0.05) is 12.8 Å². The van der Waals surface area contributed by atoms with Gasteiger partial charge in [0.15, 0.2) is 0 Å². The summed E-state index contributed by atoms with van der Waals surface area (Å²) in [7, 11) is 0. The van der Waals surface area contributed by atoms with Gasteiger partial charge in [-0.3, -0.25) is 4.79 Å². The first kappa shape index (κ1) is 25.6. The SMILES string of the molecule is O=C(O)CCCCCC(F)(F)C(F)(F)C(F)(F)C(F)(F)C(F)(F)C(F)(F)F. The second kappa shape index (κ2) is 7.53. The van der Waals surface area contributed by atoms with E-state index in [4.69, 9.17) is 5.11 Å². The first-order valence-electron chi connectivity index (χ1n) is 6.84. The third kappa shape index (κ3) is 4.52. The van der Waals surface area contributed by atoms with Crippen LogP contribution in [0.3, 0.4) is 0 Å². The monoisotopic (exact) mass is 434 g/mol. The van der Waals surface area contributed by atoms with Gasteiger partial charge in [0.25, 0.3) is 0 Å². The van der Waals surface area contributed by atoms with E-state index in [0.29, 0.717) is 0 Å². The maximum absolute atomic E-state index is 13.3. The first-order chi connectivity index (χ1) is 11.7. The Balaban J connectivity index is 5.58. The molecule has 0 aliphatic heterocycles. The van der Waals surface area contributed by atoms with Crippen molar-refractivity contribution >= 4 is 5.97 Å². The van der Waals surface area contributed by atoms with Crippen molar-refractivity contribution in [3.63, 3.8) is 0 Å². The molecule has 0 aliphatic carbocycles. The second-order valence-electron chi connectivity index (χ2n) is 5.45. The van der Waals surface area contributed by atoms with Gasteiger partial charge in [0.1, 0.15) is 0 Å². The molecule has 0 radical (unpaired) electrons. The van der Waals surface area contributed by atoms with Gasteiger partial charge in [-0.25, -0.2) is 0 Å². The summed E-state index contributed by atoms with van der Waals surface area (Å²) in [5.41, 5.74) is 0. The van der Waals surface area contributed by atoms with Crippen LogP contribution in [0.4, 0.5) is 57.1 Å². The van der Waals surface area contributed by atoms with E-state index in [2.05, 4.69) is 0 Å². The lowest BCUT2D eigenvalue weighted by atomic mass is 9.91. The number of hydrogen-bond acceptors (Lipinski definition) is 1. The van der Waals surface area contributed by atoms with E-state index in [9.17, 15) is 61.9 Å². The molecule has 0 heterocycles. The maximum Gasteiger partial charge on any atom is 0.460 e. The van der Waals surface area contributed by atoms with Crippen molar-refractivity contribution in [1.29, 1.82) is 0 Å². The lowest BCUT2D eigenvalue weighted by Gasteiger charge is -2.39. The third-order valence-electron chi connectivity index (χ3n) is 3.38.